The molecule has 92 valence electrons. The summed E-state index contributed by atoms with van der Waals surface area (Å²) in [5, 5.41) is 11.9. The van der Waals surface area contributed by atoms with Crippen molar-refractivity contribution in [2.75, 3.05) is 11.9 Å². The monoisotopic (exact) mass is 255 g/mol. The van der Waals surface area contributed by atoms with E-state index in [-0.39, 0.29) is 11.5 Å². The summed E-state index contributed by atoms with van der Waals surface area (Å²) in [6, 6.07) is 1.64. The van der Waals surface area contributed by atoms with Crippen molar-refractivity contribution >= 4 is 28.4 Å². The number of hydrogen-bond acceptors (Lipinski definition) is 4. The van der Waals surface area contributed by atoms with Crippen LogP contribution in [0.5, 0.6) is 0 Å². The van der Waals surface area contributed by atoms with Crippen LogP contribution in [-0.4, -0.2) is 23.8 Å². The molecule has 0 aliphatic rings. The van der Waals surface area contributed by atoms with Crippen molar-refractivity contribution in [1.82, 2.24) is 0 Å². The van der Waals surface area contributed by atoms with Crippen LogP contribution in [0.4, 0.5) is 9.80 Å². The lowest BCUT2D eigenvalue weighted by molar-refractivity contribution is 0.0701. The molecule has 0 aliphatic carbocycles. The summed E-state index contributed by atoms with van der Waals surface area (Å²) >= 11 is 1.02. The fraction of sp³-hybridized carbons (Fsp3) is 0.273. The summed E-state index contributed by atoms with van der Waals surface area (Å²) in [4.78, 5) is 22.4. The van der Waals surface area contributed by atoms with Crippen molar-refractivity contribution in [3.8, 4) is 0 Å². The van der Waals surface area contributed by atoms with Gasteiger partial charge < -0.3 is 9.84 Å². The van der Waals surface area contributed by atoms with Gasteiger partial charge in [-0.25, -0.2) is 9.59 Å². The minimum Gasteiger partial charge on any atom is -0.477 e. The second-order valence-corrected chi connectivity index (χ2v) is 4.19. The molecule has 1 amide bonds. The SMILES string of the molecule is C=CCOC(=O)Nc1cc(CC)c(C(=O)O)s1. The van der Waals surface area contributed by atoms with E-state index in [0.29, 0.717) is 17.0 Å². The minimum absolute atomic E-state index is 0.115. The predicted octanol–water partition coefficient (Wildman–Crippen LogP) is 2.74. The molecule has 0 aliphatic heterocycles. The molecule has 6 heteroatoms. The van der Waals surface area contributed by atoms with E-state index < -0.39 is 12.1 Å². The van der Waals surface area contributed by atoms with Gasteiger partial charge >= 0.3 is 12.1 Å². The Hall–Kier alpha value is -1.82. The number of carbonyl (C=O) groups is 2. The first-order chi connectivity index (χ1) is 8.08. The van der Waals surface area contributed by atoms with E-state index in [0.717, 1.165) is 11.3 Å². The van der Waals surface area contributed by atoms with Crippen LogP contribution in [0, 0.1) is 0 Å². The summed E-state index contributed by atoms with van der Waals surface area (Å²) in [5.74, 6) is -0.987. The smallest absolute Gasteiger partial charge is 0.412 e. The first-order valence-electron chi connectivity index (χ1n) is 4.99. The van der Waals surface area contributed by atoms with Crippen LogP contribution in [0.3, 0.4) is 0 Å². The van der Waals surface area contributed by atoms with Crippen molar-refractivity contribution in [3.63, 3.8) is 0 Å². The number of aromatic carboxylic acids is 1. The highest BCUT2D eigenvalue weighted by molar-refractivity contribution is 7.18. The number of aryl methyl sites for hydroxylation is 1. The number of rotatable bonds is 5. The molecule has 0 unspecified atom stereocenters. The number of hydrogen-bond donors (Lipinski definition) is 2. The molecule has 1 aromatic heterocycles. The van der Waals surface area contributed by atoms with E-state index in [2.05, 4.69) is 11.9 Å². The standard InChI is InChI=1S/C11H13NO4S/c1-3-5-16-11(15)12-8-6-7(4-2)9(17-8)10(13)14/h3,6H,1,4-5H2,2H3,(H,12,15)(H,13,14). The van der Waals surface area contributed by atoms with Crippen molar-refractivity contribution in [2.24, 2.45) is 0 Å². The lowest BCUT2D eigenvalue weighted by Crippen LogP contribution is -2.12. The Morgan fingerprint density at radius 1 is 1.65 bits per heavy atom. The third-order valence-electron chi connectivity index (χ3n) is 1.94. The van der Waals surface area contributed by atoms with E-state index >= 15 is 0 Å². The van der Waals surface area contributed by atoms with Gasteiger partial charge in [0.15, 0.2) is 0 Å². The van der Waals surface area contributed by atoms with E-state index in [1.165, 1.54) is 6.08 Å². The highest BCUT2D eigenvalue weighted by Gasteiger charge is 2.15. The number of carboxylic acids is 1. The third-order valence-corrected chi connectivity index (χ3v) is 3.02. The van der Waals surface area contributed by atoms with Gasteiger partial charge in [-0.15, -0.1) is 11.3 Å². The Balaban J connectivity index is 2.75. The molecule has 17 heavy (non-hydrogen) atoms. The van der Waals surface area contributed by atoms with Gasteiger partial charge in [0.2, 0.25) is 0 Å². The van der Waals surface area contributed by atoms with E-state index in [1.807, 2.05) is 6.92 Å². The Bertz CT molecular complexity index is 439. The van der Waals surface area contributed by atoms with E-state index in [9.17, 15) is 9.59 Å². The summed E-state index contributed by atoms with van der Waals surface area (Å²) in [6.07, 6.45) is 1.43. The second kappa shape index (κ2) is 6.05. The first-order valence-corrected chi connectivity index (χ1v) is 5.80. The number of anilines is 1. The molecule has 0 spiro atoms. The second-order valence-electron chi connectivity index (χ2n) is 3.14. The molecule has 1 heterocycles. The van der Waals surface area contributed by atoms with Gasteiger partial charge in [-0.1, -0.05) is 19.6 Å². The molecule has 5 nitrogen and oxygen atoms in total. The summed E-state index contributed by atoms with van der Waals surface area (Å²) in [6.45, 7) is 5.38. The zero-order valence-corrected chi connectivity index (χ0v) is 10.2. The van der Waals surface area contributed by atoms with Gasteiger partial charge in [0, 0.05) is 0 Å². The third kappa shape index (κ3) is 3.60. The molecule has 0 fully saturated rings. The first kappa shape index (κ1) is 13.2. The average molecular weight is 255 g/mol. The summed E-state index contributed by atoms with van der Waals surface area (Å²) in [7, 11) is 0. The van der Waals surface area contributed by atoms with Crippen LogP contribution >= 0.6 is 11.3 Å². The van der Waals surface area contributed by atoms with Crippen molar-refractivity contribution in [2.45, 2.75) is 13.3 Å². The highest BCUT2D eigenvalue weighted by Crippen LogP contribution is 2.27. The molecule has 0 aromatic carbocycles. The van der Waals surface area contributed by atoms with Crippen LogP contribution in [0.15, 0.2) is 18.7 Å². The molecule has 0 radical (unpaired) electrons. The number of thiophene rings is 1. The minimum atomic E-state index is -0.987. The number of nitrogens with one attached hydrogen (secondary N) is 1. The summed E-state index contributed by atoms with van der Waals surface area (Å²) < 4.78 is 4.73. The molecule has 2 N–H and O–H groups in total. The van der Waals surface area contributed by atoms with Gasteiger partial charge in [-0.2, -0.15) is 0 Å². The lowest BCUT2D eigenvalue weighted by Gasteiger charge is -2.01. The van der Waals surface area contributed by atoms with Gasteiger partial charge in [-0.3, -0.25) is 5.32 Å². The van der Waals surface area contributed by atoms with Crippen LogP contribution in [0.25, 0.3) is 0 Å². The van der Waals surface area contributed by atoms with Crippen molar-refractivity contribution in [3.05, 3.63) is 29.2 Å². The number of carboxylic acid groups (broad SMARTS) is 1. The zero-order valence-electron chi connectivity index (χ0n) is 9.36. The van der Waals surface area contributed by atoms with Gasteiger partial charge in [0.1, 0.15) is 11.5 Å². The number of carbonyl (C=O) groups excluding carboxylic acids is 1. The quantitative estimate of drug-likeness (QED) is 0.793. The lowest BCUT2D eigenvalue weighted by atomic mass is 10.2. The fourth-order valence-corrected chi connectivity index (χ4v) is 2.18. The molecule has 0 bridgehead atoms. The molecule has 0 atom stereocenters. The zero-order chi connectivity index (χ0) is 12.8. The van der Waals surface area contributed by atoms with Crippen molar-refractivity contribution < 1.29 is 19.4 Å². The van der Waals surface area contributed by atoms with Crippen LogP contribution < -0.4 is 5.32 Å². The van der Waals surface area contributed by atoms with Crippen LogP contribution in [0.1, 0.15) is 22.2 Å². The highest BCUT2D eigenvalue weighted by atomic mass is 32.1. The molecule has 0 saturated heterocycles. The topological polar surface area (TPSA) is 75.6 Å². The summed E-state index contributed by atoms with van der Waals surface area (Å²) in [5.41, 5.74) is 0.696. The van der Waals surface area contributed by atoms with Crippen molar-refractivity contribution in [1.29, 1.82) is 0 Å². The Morgan fingerprint density at radius 3 is 2.82 bits per heavy atom. The van der Waals surface area contributed by atoms with Gasteiger partial charge in [0.05, 0.1) is 5.00 Å². The maximum absolute atomic E-state index is 11.2. The van der Waals surface area contributed by atoms with E-state index in [4.69, 9.17) is 9.84 Å². The fourth-order valence-electron chi connectivity index (χ4n) is 1.21. The predicted molar refractivity (Wildman–Crippen MR) is 65.8 cm³/mol. The normalized spacial score (nSPS) is 9.71. The number of ether oxygens (including phenoxy) is 1. The molecule has 0 saturated carbocycles. The number of amides is 1. The maximum atomic E-state index is 11.2. The molecular formula is C11H13NO4S. The molecule has 1 aromatic rings. The van der Waals surface area contributed by atoms with Crippen LogP contribution in [0.2, 0.25) is 0 Å². The largest absolute Gasteiger partial charge is 0.477 e. The Labute approximate surface area is 103 Å². The average Bonchev–Trinajstić information content (AvgIpc) is 2.69. The Morgan fingerprint density at radius 2 is 2.35 bits per heavy atom. The molecular weight excluding hydrogens is 242 g/mol. The van der Waals surface area contributed by atoms with E-state index in [1.54, 1.807) is 6.07 Å². The maximum Gasteiger partial charge on any atom is 0.412 e. The Kier molecular flexibility index (Phi) is 4.71. The van der Waals surface area contributed by atoms with Gasteiger partial charge in [-0.05, 0) is 18.1 Å². The van der Waals surface area contributed by atoms with Crippen LogP contribution in [-0.2, 0) is 11.2 Å². The van der Waals surface area contributed by atoms with Gasteiger partial charge in [0.25, 0.3) is 0 Å². The molecule has 1 rings (SSSR count).